The number of aromatic nitrogens is 1. The highest BCUT2D eigenvalue weighted by Crippen LogP contribution is 2.06. The first kappa shape index (κ1) is 11.3. The van der Waals surface area contributed by atoms with Gasteiger partial charge in [0, 0.05) is 25.1 Å². The predicted octanol–water partition coefficient (Wildman–Crippen LogP) is 0.433. The van der Waals surface area contributed by atoms with Crippen LogP contribution in [0.15, 0.2) is 23.1 Å². The van der Waals surface area contributed by atoms with E-state index < -0.39 is 4.92 Å². The molecule has 0 aliphatic rings. The maximum atomic E-state index is 11.3. The first-order valence-electron chi connectivity index (χ1n) is 4.14. The summed E-state index contributed by atoms with van der Waals surface area (Å²) in [5, 5.41) is 10.4. The molecular weight excluding hydrogens is 218 g/mol. The van der Waals surface area contributed by atoms with E-state index in [4.69, 9.17) is 5.73 Å². The first-order chi connectivity index (χ1) is 7.00. The van der Waals surface area contributed by atoms with Crippen molar-refractivity contribution in [1.29, 1.82) is 0 Å². The Morgan fingerprint density at radius 3 is 2.80 bits per heavy atom. The van der Waals surface area contributed by atoms with Crippen molar-refractivity contribution in [3.63, 3.8) is 0 Å². The van der Waals surface area contributed by atoms with Crippen molar-refractivity contribution in [1.82, 2.24) is 4.57 Å². The lowest BCUT2D eigenvalue weighted by atomic mass is 10.3. The highest BCUT2D eigenvalue weighted by Gasteiger charge is 2.07. The van der Waals surface area contributed by atoms with Gasteiger partial charge in [-0.15, -0.1) is 0 Å². The van der Waals surface area contributed by atoms with Gasteiger partial charge in [-0.05, 0) is 0 Å². The van der Waals surface area contributed by atoms with E-state index in [1.165, 1.54) is 16.8 Å². The van der Waals surface area contributed by atoms with Gasteiger partial charge in [-0.25, -0.2) is 0 Å². The minimum absolute atomic E-state index is 0.127. The Bertz CT molecular complexity index is 455. The maximum Gasteiger partial charge on any atom is 0.285 e. The number of nitrogens with zero attached hydrogens (tertiary/aromatic N) is 2. The lowest BCUT2D eigenvalue weighted by molar-refractivity contribution is -0.385. The zero-order valence-corrected chi connectivity index (χ0v) is 8.57. The van der Waals surface area contributed by atoms with Crippen molar-refractivity contribution in [3.05, 3.63) is 38.8 Å². The fraction of sp³-hybridized carbons (Fsp3) is 0.250. The summed E-state index contributed by atoms with van der Waals surface area (Å²) in [6.07, 6.45) is 1.52. The van der Waals surface area contributed by atoms with Crippen LogP contribution in [-0.2, 0) is 6.54 Å². The van der Waals surface area contributed by atoms with Crippen LogP contribution in [0.3, 0.4) is 0 Å². The van der Waals surface area contributed by atoms with Crippen molar-refractivity contribution >= 4 is 22.9 Å². The van der Waals surface area contributed by atoms with Crippen LogP contribution < -0.4 is 11.3 Å². The molecule has 6 nitrogen and oxygen atoms in total. The normalized spacial score (nSPS) is 9.87. The molecule has 1 aromatic heterocycles. The number of thiocarbonyl (C=S) groups is 1. The van der Waals surface area contributed by atoms with Crippen molar-refractivity contribution in [2.75, 3.05) is 0 Å². The number of pyridine rings is 1. The molecule has 7 heteroatoms. The molecule has 0 saturated heterocycles. The van der Waals surface area contributed by atoms with Crippen LogP contribution in [0.25, 0.3) is 0 Å². The highest BCUT2D eigenvalue weighted by molar-refractivity contribution is 7.80. The van der Waals surface area contributed by atoms with Gasteiger partial charge >= 0.3 is 0 Å². The molecule has 0 atom stereocenters. The van der Waals surface area contributed by atoms with Crippen LogP contribution >= 0.6 is 12.2 Å². The van der Waals surface area contributed by atoms with Crippen LogP contribution in [0.5, 0.6) is 0 Å². The molecule has 0 radical (unpaired) electrons. The summed E-state index contributed by atoms with van der Waals surface area (Å²) in [5.41, 5.74) is 4.83. The van der Waals surface area contributed by atoms with Gasteiger partial charge in [-0.1, -0.05) is 12.2 Å². The molecule has 2 N–H and O–H groups in total. The van der Waals surface area contributed by atoms with Crippen LogP contribution in [0, 0.1) is 10.1 Å². The van der Waals surface area contributed by atoms with Gasteiger partial charge in [0.05, 0.1) is 16.1 Å². The van der Waals surface area contributed by atoms with E-state index in [1.54, 1.807) is 0 Å². The average molecular weight is 227 g/mol. The van der Waals surface area contributed by atoms with Crippen molar-refractivity contribution in [3.8, 4) is 0 Å². The summed E-state index contributed by atoms with van der Waals surface area (Å²) in [4.78, 5) is 21.4. The highest BCUT2D eigenvalue weighted by atomic mass is 32.1. The van der Waals surface area contributed by atoms with Gasteiger partial charge in [-0.3, -0.25) is 14.9 Å². The van der Waals surface area contributed by atoms with Crippen molar-refractivity contribution in [2.24, 2.45) is 5.73 Å². The fourth-order valence-corrected chi connectivity index (χ4v) is 1.12. The smallest absolute Gasteiger partial charge is 0.285 e. The number of nitrogens with two attached hydrogens (primary N) is 1. The van der Waals surface area contributed by atoms with Crippen LogP contribution in [0.4, 0.5) is 5.69 Å². The standard InChI is InChI=1S/C8H9N3O3S/c9-7(15)3-4-10-5-6(11(13)14)1-2-8(10)12/h1-2,5H,3-4H2,(H2,9,15). The largest absolute Gasteiger partial charge is 0.393 e. The molecule has 0 aliphatic carbocycles. The van der Waals surface area contributed by atoms with E-state index in [2.05, 4.69) is 12.2 Å². The third-order valence-corrected chi connectivity index (χ3v) is 1.98. The second-order valence-electron chi connectivity index (χ2n) is 2.89. The Balaban J connectivity index is 2.95. The number of nitro groups is 1. The quantitative estimate of drug-likeness (QED) is 0.457. The number of hydrogen-bond acceptors (Lipinski definition) is 4. The molecule has 0 spiro atoms. The SMILES string of the molecule is NC(=S)CCn1cc([N+](=O)[O-])ccc1=O. The molecule has 0 unspecified atom stereocenters. The third-order valence-electron chi connectivity index (χ3n) is 1.78. The summed E-state index contributed by atoms with van der Waals surface area (Å²) >= 11 is 4.65. The van der Waals surface area contributed by atoms with E-state index in [1.807, 2.05) is 0 Å². The number of rotatable bonds is 4. The Hall–Kier alpha value is -1.76. The average Bonchev–Trinajstić information content (AvgIpc) is 2.16. The van der Waals surface area contributed by atoms with Gasteiger partial charge in [0.25, 0.3) is 11.2 Å². The maximum absolute atomic E-state index is 11.3. The van der Waals surface area contributed by atoms with E-state index >= 15 is 0 Å². The lowest BCUT2D eigenvalue weighted by Crippen LogP contribution is -2.21. The van der Waals surface area contributed by atoms with E-state index in [0.717, 1.165) is 6.07 Å². The zero-order chi connectivity index (χ0) is 11.4. The van der Waals surface area contributed by atoms with Gasteiger partial charge in [0.2, 0.25) is 0 Å². The van der Waals surface area contributed by atoms with Gasteiger partial charge in [0.15, 0.2) is 0 Å². The molecule has 0 fully saturated rings. The second kappa shape index (κ2) is 4.65. The lowest BCUT2D eigenvalue weighted by Gasteiger charge is -2.03. The van der Waals surface area contributed by atoms with Crippen molar-refractivity contribution < 1.29 is 4.92 Å². The third kappa shape index (κ3) is 3.13. The van der Waals surface area contributed by atoms with Crippen molar-refractivity contribution in [2.45, 2.75) is 13.0 Å². The summed E-state index contributed by atoms with van der Waals surface area (Å²) < 4.78 is 1.22. The molecule has 1 aromatic rings. The minimum Gasteiger partial charge on any atom is -0.393 e. The molecule has 0 bridgehead atoms. The molecule has 0 saturated carbocycles. The molecule has 0 aliphatic heterocycles. The molecule has 1 rings (SSSR count). The Kier molecular flexibility index (Phi) is 3.51. The van der Waals surface area contributed by atoms with Crippen LogP contribution in [0.2, 0.25) is 0 Å². The van der Waals surface area contributed by atoms with Crippen LogP contribution in [-0.4, -0.2) is 14.5 Å². The zero-order valence-electron chi connectivity index (χ0n) is 7.75. The second-order valence-corrected chi connectivity index (χ2v) is 3.42. The van der Waals surface area contributed by atoms with Gasteiger partial charge in [0.1, 0.15) is 0 Å². The van der Waals surface area contributed by atoms with Crippen LogP contribution in [0.1, 0.15) is 6.42 Å². The first-order valence-corrected chi connectivity index (χ1v) is 4.54. The predicted molar refractivity (Wildman–Crippen MR) is 58.8 cm³/mol. The number of aryl methyl sites for hydroxylation is 1. The molecule has 1 heterocycles. The van der Waals surface area contributed by atoms with E-state index in [9.17, 15) is 14.9 Å². The molecular formula is C8H9N3O3S. The molecule has 80 valence electrons. The molecule has 0 amide bonds. The monoisotopic (exact) mass is 227 g/mol. The fourth-order valence-electron chi connectivity index (χ4n) is 1.03. The Morgan fingerprint density at radius 1 is 1.60 bits per heavy atom. The molecule has 0 aromatic carbocycles. The Labute approximate surface area is 90.5 Å². The summed E-state index contributed by atoms with van der Waals surface area (Å²) in [7, 11) is 0. The topological polar surface area (TPSA) is 91.2 Å². The molecule has 15 heavy (non-hydrogen) atoms. The number of hydrogen-bond donors (Lipinski definition) is 1. The van der Waals surface area contributed by atoms with Gasteiger partial charge < -0.3 is 10.3 Å². The van der Waals surface area contributed by atoms with E-state index in [-0.39, 0.29) is 22.8 Å². The van der Waals surface area contributed by atoms with Gasteiger partial charge in [-0.2, -0.15) is 0 Å². The summed E-state index contributed by atoms with van der Waals surface area (Å²) in [5.74, 6) is 0. The summed E-state index contributed by atoms with van der Waals surface area (Å²) in [6.45, 7) is 0.260. The summed E-state index contributed by atoms with van der Waals surface area (Å²) in [6, 6.07) is 2.32. The Morgan fingerprint density at radius 2 is 2.27 bits per heavy atom. The van der Waals surface area contributed by atoms with E-state index in [0.29, 0.717) is 6.42 Å². The minimum atomic E-state index is -0.559.